The molecule has 2 aromatic carbocycles. The molecule has 0 aromatic heterocycles. The predicted octanol–water partition coefficient (Wildman–Crippen LogP) is 4.41. The third-order valence-electron chi connectivity index (χ3n) is 2.49. The molecule has 18 heavy (non-hydrogen) atoms. The van der Waals surface area contributed by atoms with Gasteiger partial charge in [0, 0.05) is 15.1 Å². The van der Waals surface area contributed by atoms with Crippen molar-refractivity contribution in [2.75, 3.05) is 5.75 Å². The van der Waals surface area contributed by atoms with Crippen LogP contribution in [-0.4, -0.2) is 10.9 Å². The summed E-state index contributed by atoms with van der Waals surface area (Å²) < 4.78 is 13.8. The Morgan fingerprint density at radius 2 is 1.78 bits per heavy atom. The van der Waals surface area contributed by atoms with Gasteiger partial charge in [-0.2, -0.15) is 0 Å². The van der Waals surface area contributed by atoms with Gasteiger partial charge in [-0.3, -0.25) is 0 Å². The molecular formula is C14H12BrFOS. The first kappa shape index (κ1) is 13.6. The Hall–Kier alpha value is -0.840. The van der Waals surface area contributed by atoms with Crippen molar-refractivity contribution in [2.24, 2.45) is 0 Å². The molecule has 0 radical (unpaired) electrons. The minimum atomic E-state index is -0.595. The van der Waals surface area contributed by atoms with E-state index >= 15 is 0 Å². The summed E-state index contributed by atoms with van der Waals surface area (Å²) >= 11 is 5.02. The van der Waals surface area contributed by atoms with Crippen molar-refractivity contribution in [3.8, 4) is 0 Å². The second kappa shape index (κ2) is 6.36. The maximum absolute atomic E-state index is 12.8. The van der Waals surface area contributed by atoms with Crippen LogP contribution in [0.25, 0.3) is 0 Å². The van der Waals surface area contributed by atoms with Crippen LogP contribution in [0.3, 0.4) is 0 Å². The van der Waals surface area contributed by atoms with E-state index in [4.69, 9.17) is 0 Å². The van der Waals surface area contributed by atoms with E-state index in [1.165, 1.54) is 12.1 Å². The van der Waals surface area contributed by atoms with E-state index in [-0.39, 0.29) is 5.82 Å². The van der Waals surface area contributed by atoms with E-state index in [1.54, 1.807) is 23.9 Å². The maximum atomic E-state index is 12.8. The molecule has 2 aromatic rings. The molecular weight excluding hydrogens is 315 g/mol. The summed E-state index contributed by atoms with van der Waals surface area (Å²) in [6.07, 6.45) is -0.595. The molecule has 94 valence electrons. The predicted molar refractivity (Wildman–Crippen MR) is 76.2 cm³/mol. The Morgan fingerprint density at radius 3 is 2.44 bits per heavy atom. The molecule has 0 spiro atoms. The van der Waals surface area contributed by atoms with Crippen LogP contribution in [0, 0.1) is 5.82 Å². The highest BCUT2D eigenvalue weighted by Gasteiger charge is 2.09. The van der Waals surface area contributed by atoms with Gasteiger partial charge >= 0.3 is 0 Å². The van der Waals surface area contributed by atoms with Crippen molar-refractivity contribution in [3.05, 3.63) is 64.4 Å². The molecule has 0 heterocycles. The molecule has 2 rings (SSSR count). The van der Waals surface area contributed by atoms with Crippen LogP contribution in [-0.2, 0) is 0 Å². The van der Waals surface area contributed by atoms with Gasteiger partial charge in [0.25, 0.3) is 0 Å². The number of aliphatic hydroxyl groups is 1. The smallest absolute Gasteiger partial charge is 0.123 e. The molecule has 4 heteroatoms. The maximum Gasteiger partial charge on any atom is 0.123 e. The molecule has 0 bridgehead atoms. The zero-order chi connectivity index (χ0) is 13.0. The molecule has 1 N–H and O–H groups in total. The lowest BCUT2D eigenvalue weighted by Gasteiger charge is -2.11. The summed E-state index contributed by atoms with van der Waals surface area (Å²) in [5.41, 5.74) is 0.732. The minimum Gasteiger partial charge on any atom is -0.388 e. The monoisotopic (exact) mass is 326 g/mol. The van der Waals surface area contributed by atoms with Crippen molar-refractivity contribution in [1.82, 2.24) is 0 Å². The molecule has 1 nitrogen and oxygen atoms in total. The molecule has 0 amide bonds. The second-order valence-electron chi connectivity index (χ2n) is 3.81. The van der Waals surface area contributed by atoms with Crippen molar-refractivity contribution >= 4 is 27.7 Å². The van der Waals surface area contributed by atoms with Crippen molar-refractivity contribution in [3.63, 3.8) is 0 Å². The quantitative estimate of drug-likeness (QED) is 0.839. The SMILES string of the molecule is OC(CSc1ccccc1Br)c1ccc(F)cc1. The first-order valence-electron chi connectivity index (χ1n) is 5.47. The topological polar surface area (TPSA) is 20.2 Å². The molecule has 0 saturated heterocycles. The van der Waals surface area contributed by atoms with E-state index < -0.39 is 6.10 Å². The van der Waals surface area contributed by atoms with Crippen LogP contribution in [0.5, 0.6) is 0 Å². The van der Waals surface area contributed by atoms with E-state index in [2.05, 4.69) is 15.9 Å². The van der Waals surface area contributed by atoms with E-state index in [0.29, 0.717) is 5.75 Å². The Labute approximate surface area is 118 Å². The summed E-state index contributed by atoms with van der Waals surface area (Å²) in [6, 6.07) is 13.8. The summed E-state index contributed by atoms with van der Waals surface area (Å²) in [6.45, 7) is 0. The molecule has 0 aliphatic heterocycles. The van der Waals surface area contributed by atoms with Gasteiger partial charge in [-0.1, -0.05) is 24.3 Å². The Bertz CT molecular complexity index is 515. The highest BCUT2D eigenvalue weighted by Crippen LogP contribution is 2.30. The van der Waals surface area contributed by atoms with Crippen LogP contribution < -0.4 is 0 Å². The van der Waals surface area contributed by atoms with Crippen LogP contribution in [0.1, 0.15) is 11.7 Å². The zero-order valence-electron chi connectivity index (χ0n) is 9.51. The van der Waals surface area contributed by atoms with Crippen molar-refractivity contribution < 1.29 is 9.50 Å². The number of rotatable bonds is 4. The van der Waals surface area contributed by atoms with E-state index in [0.717, 1.165) is 14.9 Å². The van der Waals surface area contributed by atoms with Crippen molar-refractivity contribution in [1.29, 1.82) is 0 Å². The number of benzene rings is 2. The lowest BCUT2D eigenvalue weighted by molar-refractivity contribution is 0.204. The van der Waals surface area contributed by atoms with Gasteiger partial charge in [-0.05, 0) is 45.8 Å². The minimum absolute atomic E-state index is 0.288. The van der Waals surface area contributed by atoms with Crippen LogP contribution >= 0.6 is 27.7 Å². The van der Waals surface area contributed by atoms with Crippen LogP contribution in [0.15, 0.2) is 57.9 Å². The third kappa shape index (κ3) is 3.57. The molecule has 0 saturated carbocycles. The fourth-order valence-corrected chi connectivity index (χ4v) is 3.05. The first-order chi connectivity index (χ1) is 8.66. The number of aliphatic hydroxyl groups excluding tert-OH is 1. The number of halogens is 2. The number of hydrogen-bond donors (Lipinski definition) is 1. The highest BCUT2D eigenvalue weighted by molar-refractivity contribution is 9.10. The van der Waals surface area contributed by atoms with E-state index in [1.807, 2.05) is 24.3 Å². The fraction of sp³-hybridized carbons (Fsp3) is 0.143. The Balaban J connectivity index is 1.98. The van der Waals surface area contributed by atoms with Crippen LogP contribution in [0.2, 0.25) is 0 Å². The summed E-state index contributed by atoms with van der Waals surface area (Å²) in [4.78, 5) is 1.08. The molecule has 0 aliphatic carbocycles. The summed E-state index contributed by atoms with van der Waals surface area (Å²) in [5.74, 6) is 0.248. The third-order valence-corrected chi connectivity index (χ3v) is 4.59. The average molecular weight is 327 g/mol. The average Bonchev–Trinajstić information content (AvgIpc) is 2.38. The zero-order valence-corrected chi connectivity index (χ0v) is 11.9. The first-order valence-corrected chi connectivity index (χ1v) is 7.25. The summed E-state index contributed by atoms with van der Waals surface area (Å²) in [7, 11) is 0. The van der Waals surface area contributed by atoms with E-state index in [9.17, 15) is 9.50 Å². The Kier molecular flexibility index (Phi) is 4.80. The largest absolute Gasteiger partial charge is 0.388 e. The number of thioether (sulfide) groups is 1. The fourth-order valence-electron chi connectivity index (χ4n) is 1.51. The van der Waals surface area contributed by atoms with Crippen LogP contribution in [0.4, 0.5) is 4.39 Å². The van der Waals surface area contributed by atoms with Gasteiger partial charge in [0.1, 0.15) is 5.82 Å². The van der Waals surface area contributed by atoms with Gasteiger partial charge in [0.2, 0.25) is 0 Å². The Morgan fingerprint density at radius 1 is 1.11 bits per heavy atom. The standard InChI is InChI=1S/C14H12BrFOS/c15-12-3-1-2-4-14(12)18-9-13(17)10-5-7-11(16)8-6-10/h1-8,13,17H,9H2. The van der Waals surface area contributed by atoms with Gasteiger partial charge in [-0.25, -0.2) is 4.39 Å². The molecule has 0 aliphatic rings. The molecule has 1 unspecified atom stereocenters. The summed E-state index contributed by atoms with van der Waals surface area (Å²) in [5, 5.41) is 10.0. The lowest BCUT2D eigenvalue weighted by atomic mass is 10.1. The van der Waals surface area contributed by atoms with Gasteiger partial charge in [-0.15, -0.1) is 11.8 Å². The molecule has 0 fully saturated rings. The van der Waals surface area contributed by atoms with Gasteiger partial charge in [0.15, 0.2) is 0 Å². The van der Waals surface area contributed by atoms with Crippen molar-refractivity contribution in [2.45, 2.75) is 11.0 Å². The van der Waals surface area contributed by atoms with Gasteiger partial charge in [0.05, 0.1) is 6.10 Å². The lowest BCUT2D eigenvalue weighted by Crippen LogP contribution is -2.00. The van der Waals surface area contributed by atoms with Gasteiger partial charge < -0.3 is 5.11 Å². The normalized spacial score (nSPS) is 12.4. The number of hydrogen-bond acceptors (Lipinski definition) is 2. The second-order valence-corrected chi connectivity index (χ2v) is 5.72. The molecule has 1 atom stereocenters. The highest BCUT2D eigenvalue weighted by atomic mass is 79.9.